The highest BCUT2D eigenvalue weighted by Gasteiger charge is 2.43. The summed E-state index contributed by atoms with van der Waals surface area (Å²) in [6, 6.07) is 15.0. The second-order valence-electron chi connectivity index (χ2n) is 7.10. The number of halogens is 2. The second kappa shape index (κ2) is 8.07. The molecule has 0 aliphatic carbocycles. The Bertz CT molecular complexity index is 1230. The summed E-state index contributed by atoms with van der Waals surface area (Å²) < 4.78 is 42.1. The summed E-state index contributed by atoms with van der Waals surface area (Å²) in [4.78, 5) is 12.8. The smallest absolute Gasteiger partial charge is 0.243 e. The number of hydrogen-bond donors (Lipinski definition) is 2. The molecule has 4 rings (SSSR count). The Morgan fingerprint density at radius 2 is 1.83 bits per heavy atom. The van der Waals surface area contributed by atoms with Crippen molar-refractivity contribution in [3.8, 4) is 0 Å². The van der Waals surface area contributed by atoms with E-state index in [0.29, 0.717) is 4.47 Å². The summed E-state index contributed by atoms with van der Waals surface area (Å²) in [6.07, 6.45) is -1.07. The van der Waals surface area contributed by atoms with Gasteiger partial charge in [-0.2, -0.15) is 4.31 Å². The molecule has 2 atom stereocenters. The van der Waals surface area contributed by atoms with E-state index in [-0.39, 0.29) is 23.5 Å². The standard InChI is InChI=1S/C21H18BrFN2O4S/c22-15-6-8-19(18(23)10-15)24-21(27)20-11-16(26)12-25(20)30(28,29)17-7-5-13-3-1-2-4-14(13)9-17/h1-10,16,20,26H,11-12H2,(H,24,27)/t16-,20+/m1/s1. The number of rotatable bonds is 4. The summed E-state index contributed by atoms with van der Waals surface area (Å²) in [5.74, 6) is -1.35. The third-order valence-corrected chi connectivity index (χ3v) is 7.42. The van der Waals surface area contributed by atoms with Gasteiger partial charge in [-0.25, -0.2) is 12.8 Å². The number of aliphatic hydroxyl groups is 1. The third-order valence-electron chi connectivity index (χ3n) is 5.05. The van der Waals surface area contributed by atoms with Gasteiger partial charge < -0.3 is 10.4 Å². The van der Waals surface area contributed by atoms with Crippen LogP contribution < -0.4 is 5.32 Å². The number of amides is 1. The quantitative estimate of drug-likeness (QED) is 0.583. The first-order valence-electron chi connectivity index (χ1n) is 9.20. The number of nitrogens with zero attached hydrogens (tertiary/aromatic N) is 1. The molecule has 0 aromatic heterocycles. The van der Waals surface area contributed by atoms with Gasteiger partial charge in [0, 0.05) is 17.4 Å². The zero-order valence-corrected chi connectivity index (χ0v) is 18.0. The molecule has 9 heteroatoms. The maximum absolute atomic E-state index is 14.1. The van der Waals surface area contributed by atoms with Crippen molar-refractivity contribution in [2.75, 3.05) is 11.9 Å². The Hall–Kier alpha value is -2.33. The maximum Gasteiger partial charge on any atom is 0.243 e. The lowest BCUT2D eigenvalue weighted by atomic mass is 10.1. The Balaban J connectivity index is 1.64. The first-order valence-corrected chi connectivity index (χ1v) is 11.4. The number of carbonyl (C=O) groups is 1. The average Bonchev–Trinajstić information content (AvgIpc) is 3.12. The van der Waals surface area contributed by atoms with E-state index in [1.54, 1.807) is 30.3 Å². The summed E-state index contributed by atoms with van der Waals surface area (Å²) >= 11 is 3.14. The monoisotopic (exact) mass is 492 g/mol. The van der Waals surface area contributed by atoms with Crippen LogP contribution >= 0.6 is 15.9 Å². The molecule has 30 heavy (non-hydrogen) atoms. The summed E-state index contributed by atoms with van der Waals surface area (Å²) in [7, 11) is -4.06. The molecule has 156 valence electrons. The number of sulfonamides is 1. The molecule has 0 radical (unpaired) electrons. The SMILES string of the molecule is O=C(Nc1ccc(Br)cc1F)[C@@H]1C[C@@H](O)CN1S(=O)(=O)c1ccc2ccccc2c1. The van der Waals surface area contributed by atoms with Crippen LogP contribution in [0.25, 0.3) is 10.8 Å². The molecule has 0 unspecified atom stereocenters. The molecule has 1 amide bonds. The van der Waals surface area contributed by atoms with E-state index in [0.717, 1.165) is 15.1 Å². The van der Waals surface area contributed by atoms with Crippen molar-refractivity contribution in [3.63, 3.8) is 0 Å². The van der Waals surface area contributed by atoms with Crippen molar-refractivity contribution in [1.29, 1.82) is 0 Å². The maximum atomic E-state index is 14.1. The minimum atomic E-state index is -4.06. The summed E-state index contributed by atoms with van der Waals surface area (Å²) in [5.41, 5.74) is -0.0624. The van der Waals surface area contributed by atoms with Gasteiger partial charge in [-0.05, 0) is 41.1 Å². The molecule has 6 nitrogen and oxygen atoms in total. The van der Waals surface area contributed by atoms with Crippen LogP contribution in [0.2, 0.25) is 0 Å². The molecule has 1 fully saturated rings. The fourth-order valence-electron chi connectivity index (χ4n) is 3.56. The Labute approximate surface area is 181 Å². The van der Waals surface area contributed by atoms with Gasteiger partial charge in [0.05, 0.1) is 16.7 Å². The Morgan fingerprint density at radius 3 is 2.57 bits per heavy atom. The molecular formula is C21H18BrFN2O4S. The molecule has 1 aliphatic rings. The minimum Gasteiger partial charge on any atom is -0.392 e. The number of benzene rings is 3. The molecule has 3 aromatic rings. The Kier molecular flexibility index (Phi) is 5.63. The van der Waals surface area contributed by atoms with Crippen LogP contribution in [0.4, 0.5) is 10.1 Å². The fourth-order valence-corrected chi connectivity index (χ4v) is 5.56. The summed E-state index contributed by atoms with van der Waals surface area (Å²) in [5, 5.41) is 14.2. The number of carbonyl (C=O) groups excluding carboxylic acids is 1. The van der Waals surface area contributed by atoms with Crippen LogP contribution in [-0.4, -0.2) is 42.4 Å². The van der Waals surface area contributed by atoms with E-state index in [2.05, 4.69) is 21.2 Å². The molecule has 0 spiro atoms. The highest BCUT2D eigenvalue weighted by atomic mass is 79.9. The van der Waals surface area contributed by atoms with Gasteiger partial charge in [0.2, 0.25) is 15.9 Å². The molecular weight excluding hydrogens is 475 g/mol. The predicted octanol–water partition coefficient (Wildman–Crippen LogP) is 3.50. The van der Waals surface area contributed by atoms with Crippen LogP contribution in [0.5, 0.6) is 0 Å². The van der Waals surface area contributed by atoms with E-state index in [1.807, 2.05) is 12.1 Å². The van der Waals surface area contributed by atoms with E-state index < -0.39 is 33.9 Å². The first kappa shape index (κ1) is 20.9. The van der Waals surface area contributed by atoms with Crippen molar-refractivity contribution in [2.45, 2.75) is 23.5 Å². The van der Waals surface area contributed by atoms with E-state index in [9.17, 15) is 22.7 Å². The van der Waals surface area contributed by atoms with Gasteiger partial charge >= 0.3 is 0 Å². The lowest BCUT2D eigenvalue weighted by molar-refractivity contribution is -0.119. The fraction of sp³-hybridized carbons (Fsp3) is 0.190. The van der Waals surface area contributed by atoms with Crippen molar-refractivity contribution < 1.29 is 22.7 Å². The molecule has 0 bridgehead atoms. The van der Waals surface area contributed by atoms with Crippen LogP contribution in [-0.2, 0) is 14.8 Å². The normalized spacial score (nSPS) is 19.8. The van der Waals surface area contributed by atoms with Crippen LogP contribution in [0.3, 0.4) is 0 Å². The van der Waals surface area contributed by atoms with Crippen LogP contribution in [0.1, 0.15) is 6.42 Å². The summed E-state index contributed by atoms with van der Waals surface area (Å²) in [6.45, 7) is -0.212. The molecule has 2 N–H and O–H groups in total. The third kappa shape index (κ3) is 3.98. The van der Waals surface area contributed by atoms with Crippen molar-refractivity contribution in [2.24, 2.45) is 0 Å². The van der Waals surface area contributed by atoms with Crippen LogP contribution in [0.15, 0.2) is 70.0 Å². The largest absolute Gasteiger partial charge is 0.392 e. The van der Waals surface area contributed by atoms with E-state index in [1.165, 1.54) is 18.2 Å². The first-order chi connectivity index (χ1) is 14.3. The predicted molar refractivity (Wildman–Crippen MR) is 115 cm³/mol. The van der Waals surface area contributed by atoms with Gasteiger partial charge in [-0.3, -0.25) is 4.79 Å². The zero-order valence-electron chi connectivity index (χ0n) is 15.6. The van der Waals surface area contributed by atoms with Gasteiger partial charge in [0.15, 0.2) is 0 Å². The lowest BCUT2D eigenvalue weighted by Crippen LogP contribution is -2.43. The number of hydrogen-bond acceptors (Lipinski definition) is 4. The number of aliphatic hydroxyl groups excluding tert-OH is 1. The topological polar surface area (TPSA) is 86.7 Å². The number of β-amino-alcohol motifs (C(OH)–C–C–N with tert-alkyl or cyclic N) is 1. The molecule has 0 saturated carbocycles. The highest BCUT2D eigenvalue weighted by Crippen LogP contribution is 2.29. The number of anilines is 1. The Morgan fingerprint density at radius 1 is 1.10 bits per heavy atom. The van der Waals surface area contributed by atoms with Crippen molar-refractivity contribution in [3.05, 3.63) is 71.0 Å². The number of nitrogens with one attached hydrogen (secondary N) is 1. The van der Waals surface area contributed by atoms with Gasteiger partial charge in [-0.1, -0.05) is 46.3 Å². The molecule has 1 heterocycles. The zero-order chi connectivity index (χ0) is 21.5. The van der Waals surface area contributed by atoms with Gasteiger partial charge in [0.1, 0.15) is 11.9 Å². The molecule has 1 saturated heterocycles. The minimum absolute atomic E-state index is 0.0305. The van der Waals surface area contributed by atoms with E-state index in [4.69, 9.17) is 0 Å². The average molecular weight is 493 g/mol. The molecule has 3 aromatic carbocycles. The van der Waals surface area contributed by atoms with Gasteiger partial charge in [-0.15, -0.1) is 0 Å². The highest BCUT2D eigenvalue weighted by molar-refractivity contribution is 9.10. The number of fused-ring (bicyclic) bond motifs is 1. The second-order valence-corrected chi connectivity index (χ2v) is 9.91. The van der Waals surface area contributed by atoms with Crippen molar-refractivity contribution >= 4 is 48.3 Å². The van der Waals surface area contributed by atoms with Crippen molar-refractivity contribution in [1.82, 2.24) is 4.31 Å². The van der Waals surface area contributed by atoms with Crippen LogP contribution in [0, 0.1) is 5.82 Å². The molecule has 1 aliphatic heterocycles. The van der Waals surface area contributed by atoms with E-state index >= 15 is 0 Å². The van der Waals surface area contributed by atoms with Gasteiger partial charge in [0.25, 0.3) is 0 Å². The lowest BCUT2D eigenvalue weighted by Gasteiger charge is -2.23.